The van der Waals surface area contributed by atoms with Crippen LogP contribution >= 0.6 is 0 Å². The number of benzene rings is 8. The SMILES string of the molecule is c1ccc(-c2n[nH]c(-c3cccc4c(-n5c6ccccc6c6c5ccc5c7c8oc9ccccc9c8ccc7n(-c7ccccc7)c56)cccc34)n2)cc1. The van der Waals surface area contributed by atoms with Crippen LogP contribution in [0.2, 0.25) is 0 Å². The molecule has 0 unspecified atom stereocenters. The molecule has 12 aromatic rings. The number of hydrogen-bond acceptors (Lipinski definition) is 3. The first kappa shape index (κ1) is 29.2. The summed E-state index contributed by atoms with van der Waals surface area (Å²) in [7, 11) is 0. The Kier molecular flexibility index (Phi) is 5.96. The van der Waals surface area contributed by atoms with Gasteiger partial charge in [0.25, 0.3) is 0 Å². The van der Waals surface area contributed by atoms with Gasteiger partial charge in [-0.25, -0.2) is 4.98 Å². The maximum absolute atomic E-state index is 6.69. The van der Waals surface area contributed by atoms with Gasteiger partial charge in [0.1, 0.15) is 11.2 Å². The van der Waals surface area contributed by atoms with Gasteiger partial charge in [0.05, 0.1) is 33.1 Å². The molecule has 6 heteroatoms. The number of nitrogens with zero attached hydrogens (tertiary/aromatic N) is 4. The molecule has 0 aliphatic carbocycles. The van der Waals surface area contributed by atoms with E-state index < -0.39 is 0 Å². The Morgan fingerprint density at radius 2 is 1.15 bits per heavy atom. The zero-order valence-corrected chi connectivity index (χ0v) is 28.9. The van der Waals surface area contributed by atoms with Gasteiger partial charge in [-0.1, -0.05) is 115 Å². The Bertz CT molecular complexity index is 3440. The van der Waals surface area contributed by atoms with E-state index in [1.807, 2.05) is 36.4 Å². The molecule has 0 atom stereocenters. The van der Waals surface area contributed by atoms with Crippen molar-refractivity contribution in [3.8, 4) is 34.2 Å². The van der Waals surface area contributed by atoms with Crippen LogP contribution in [0, 0.1) is 0 Å². The molecule has 4 heterocycles. The quantitative estimate of drug-likeness (QED) is 0.200. The summed E-state index contributed by atoms with van der Waals surface area (Å²) < 4.78 is 11.5. The molecule has 54 heavy (non-hydrogen) atoms. The Labute approximate surface area is 308 Å². The van der Waals surface area contributed by atoms with Crippen LogP contribution in [0.4, 0.5) is 0 Å². The van der Waals surface area contributed by atoms with Gasteiger partial charge in [0.2, 0.25) is 0 Å². The molecular weight excluding hydrogens is 663 g/mol. The highest BCUT2D eigenvalue weighted by molar-refractivity contribution is 6.31. The van der Waals surface area contributed by atoms with Crippen molar-refractivity contribution in [2.75, 3.05) is 0 Å². The normalized spacial score (nSPS) is 12.1. The smallest absolute Gasteiger partial charge is 0.181 e. The van der Waals surface area contributed by atoms with Crippen molar-refractivity contribution in [1.29, 1.82) is 0 Å². The number of hydrogen-bond donors (Lipinski definition) is 1. The molecule has 0 bridgehead atoms. The van der Waals surface area contributed by atoms with E-state index in [9.17, 15) is 0 Å². The van der Waals surface area contributed by atoms with E-state index >= 15 is 0 Å². The molecule has 0 saturated heterocycles. The largest absolute Gasteiger partial charge is 0.455 e. The van der Waals surface area contributed by atoms with E-state index in [-0.39, 0.29) is 0 Å². The van der Waals surface area contributed by atoms with Gasteiger partial charge < -0.3 is 13.6 Å². The summed E-state index contributed by atoms with van der Waals surface area (Å²) in [6.45, 7) is 0. The third kappa shape index (κ3) is 3.99. The lowest BCUT2D eigenvalue weighted by Gasteiger charge is -2.13. The Morgan fingerprint density at radius 1 is 0.463 bits per heavy atom. The summed E-state index contributed by atoms with van der Waals surface area (Å²) in [5, 5.41) is 17.0. The van der Waals surface area contributed by atoms with Crippen LogP contribution in [0.1, 0.15) is 0 Å². The number of para-hydroxylation sites is 3. The molecule has 6 nitrogen and oxygen atoms in total. The van der Waals surface area contributed by atoms with E-state index in [0.717, 1.165) is 93.9 Å². The predicted octanol–water partition coefficient (Wildman–Crippen LogP) is 12.4. The number of H-pyrrole nitrogens is 1. The first-order valence-electron chi connectivity index (χ1n) is 18.2. The summed E-state index contributed by atoms with van der Waals surface area (Å²) in [5.41, 5.74) is 10.6. The number of fused-ring (bicyclic) bond motifs is 12. The van der Waals surface area contributed by atoms with Crippen molar-refractivity contribution < 1.29 is 4.42 Å². The van der Waals surface area contributed by atoms with Crippen LogP contribution in [0.25, 0.3) is 110 Å². The lowest BCUT2D eigenvalue weighted by molar-refractivity contribution is 0.673. The topological polar surface area (TPSA) is 64.6 Å². The lowest BCUT2D eigenvalue weighted by Crippen LogP contribution is -1.97. The molecule has 0 fully saturated rings. The molecule has 4 aromatic heterocycles. The second-order valence-electron chi connectivity index (χ2n) is 13.9. The molecular formula is C48H29N5O. The van der Waals surface area contributed by atoms with E-state index in [4.69, 9.17) is 9.40 Å². The first-order chi connectivity index (χ1) is 26.8. The molecule has 0 amide bonds. The average Bonchev–Trinajstić information content (AvgIpc) is 4.02. The van der Waals surface area contributed by atoms with Gasteiger partial charge in [0, 0.05) is 49.1 Å². The van der Waals surface area contributed by atoms with Crippen LogP contribution < -0.4 is 0 Å². The highest BCUT2D eigenvalue weighted by atomic mass is 16.3. The molecule has 12 rings (SSSR count). The average molecular weight is 692 g/mol. The van der Waals surface area contributed by atoms with Crippen LogP contribution in [-0.4, -0.2) is 24.3 Å². The summed E-state index contributed by atoms with van der Waals surface area (Å²) in [4.78, 5) is 4.94. The van der Waals surface area contributed by atoms with Crippen molar-refractivity contribution in [3.05, 3.63) is 170 Å². The molecule has 8 aromatic carbocycles. The van der Waals surface area contributed by atoms with Crippen molar-refractivity contribution in [1.82, 2.24) is 24.3 Å². The first-order valence-corrected chi connectivity index (χ1v) is 18.2. The molecule has 0 aliphatic heterocycles. The van der Waals surface area contributed by atoms with Gasteiger partial charge in [-0.05, 0) is 60.0 Å². The number of aromatic nitrogens is 5. The molecule has 0 spiro atoms. The molecule has 252 valence electrons. The zero-order valence-electron chi connectivity index (χ0n) is 28.9. The second kappa shape index (κ2) is 11.0. The van der Waals surface area contributed by atoms with E-state index in [2.05, 4.69) is 153 Å². The minimum atomic E-state index is 0.680. The van der Waals surface area contributed by atoms with E-state index in [1.54, 1.807) is 0 Å². The summed E-state index contributed by atoms with van der Waals surface area (Å²) >= 11 is 0. The van der Waals surface area contributed by atoms with Crippen molar-refractivity contribution in [2.45, 2.75) is 0 Å². The number of rotatable bonds is 4. The van der Waals surface area contributed by atoms with Gasteiger partial charge in [-0.3, -0.25) is 5.10 Å². The minimum absolute atomic E-state index is 0.680. The third-order valence-electron chi connectivity index (χ3n) is 11.0. The number of aromatic amines is 1. The highest BCUT2D eigenvalue weighted by Gasteiger charge is 2.24. The maximum atomic E-state index is 6.69. The highest BCUT2D eigenvalue weighted by Crippen LogP contribution is 2.46. The Balaban J connectivity index is 1.18. The van der Waals surface area contributed by atoms with Crippen LogP contribution in [0.5, 0.6) is 0 Å². The fourth-order valence-corrected chi connectivity index (χ4v) is 8.72. The van der Waals surface area contributed by atoms with E-state index in [1.165, 1.54) is 10.8 Å². The van der Waals surface area contributed by atoms with Gasteiger partial charge >= 0.3 is 0 Å². The summed E-state index contributed by atoms with van der Waals surface area (Å²) in [6, 6.07) is 59.9. The van der Waals surface area contributed by atoms with Crippen LogP contribution in [0.15, 0.2) is 174 Å². The van der Waals surface area contributed by atoms with E-state index in [0.29, 0.717) is 5.82 Å². The summed E-state index contributed by atoms with van der Waals surface area (Å²) in [6.07, 6.45) is 0. The zero-order chi connectivity index (χ0) is 35.3. The maximum Gasteiger partial charge on any atom is 0.181 e. The van der Waals surface area contributed by atoms with Crippen molar-refractivity contribution in [3.63, 3.8) is 0 Å². The van der Waals surface area contributed by atoms with Gasteiger partial charge in [0.15, 0.2) is 11.6 Å². The third-order valence-corrected chi connectivity index (χ3v) is 11.0. The molecule has 0 radical (unpaired) electrons. The molecule has 0 saturated carbocycles. The van der Waals surface area contributed by atoms with Gasteiger partial charge in [-0.2, -0.15) is 5.10 Å². The second-order valence-corrected chi connectivity index (χ2v) is 13.9. The van der Waals surface area contributed by atoms with Crippen LogP contribution in [-0.2, 0) is 0 Å². The summed E-state index contributed by atoms with van der Waals surface area (Å²) in [5.74, 6) is 1.42. The predicted molar refractivity (Wildman–Crippen MR) is 221 cm³/mol. The minimum Gasteiger partial charge on any atom is -0.455 e. The van der Waals surface area contributed by atoms with Crippen molar-refractivity contribution >= 4 is 76.3 Å². The molecule has 1 N–H and O–H groups in total. The number of nitrogens with one attached hydrogen (secondary N) is 1. The van der Waals surface area contributed by atoms with Crippen molar-refractivity contribution in [2.24, 2.45) is 0 Å². The fourth-order valence-electron chi connectivity index (χ4n) is 8.72. The Morgan fingerprint density at radius 3 is 2.02 bits per heavy atom. The molecule has 0 aliphatic rings. The Hall–Kier alpha value is -7.44. The monoisotopic (exact) mass is 691 g/mol. The van der Waals surface area contributed by atoms with Crippen LogP contribution in [0.3, 0.4) is 0 Å². The standard InChI is InChI=1S/C48H29N5O/c1-3-13-29(14-4-1)47-49-48(51-50-47)35-21-11-20-32-31(35)19-12-23-38(32)53-39-22-9-7-18-36(39)43-40(53)28-26-37-44-41(52(45(37)43)30-15-5-2-6-16-30)27-25-34-33-17-8-10-24-42(33)54-46(34)44/h1-28H,(H,49,50,51). The van der Waals surface area contributed by atoms with Gasteiger partial charge in [-0.15, -0.1) is 0 Å². The lowest BCUT2D eigenvalue weighted by atomic mass is 10.0. The fraction of sp³-hybridized carbons (Fsp3) is 0. The number of furan rings is 1.